The van der Waals surface area contributed by atoms with Crippen LogP contribution >= 0.6 is 0 Å². The summed E-state index contributed by atoms with van der Waals surface area (Å²) in [5.74, 6) is 0.242. The van der Waals surface area contributed by atoms with Gasteiger partial charge < -0.3 is 22.1 Å². The summed E-state index contributed by atoms with van der Waals surface area (Å²) in [6.07, 6.45) is 10.5. The normalized spacial score (nSPS) is 16.5. The highest BCUT2D eigenvalue weighted by molar-refractivity contribution is 6.16. The summed E-state index contributed by atoms with van der Waals surface area (Å²) in [5, 5.41) is 13.9. The highest BCUT2D eigenvalue weighted by Gasteiger charge is 2.31. The molecule has 6 N–H and O–H groups in total. The second-order valence-electron chi connectivity index (χ2n) is 11.8. The average Bonchev–Trinajstić information content (AvgIpc) is 3.03. The van der Waals surface area contributed by atoms with Crippen molar-refractivity contribution in [1.29, 1.82) is 0 Å². The molecule has 5 aromatic carbocycles. The monoisotopic (exact) mass is 562 g/mol. The molecule has 2 aliphatic rings. The van der Waals surface area contributed by atoms with E-state index in [0.29, 0.717) is 6.54 Å². The van der Waals surface area contributed by atoms with Gasteiger partial charge >= 0.3 is 0 Å². The fraction of sp³-hybridized carbons (Fsp3) is 0.179. The Morgan fingerprint density at radius 3 is 2.19 bits per heavy atom. The molecule has 0 bridgehead atoms. The number of fused-ring (bicyclic) bond motifs is 2. The van der Waals surface area contributed by atoms with Gasteiger partial charge in [0.1, 0.15) is 0 Å². The van der Waals surface area contributed by atoms with Crippen LogP contribution < -0.4 is 27.3 Å². The molecule has 0 aromatic heterocycles. The molecule has 1 atom stereocenters. The molecule has 4 heteroatoms. The van der Waals surface area contributed by atoms with Gasteiger partial charge in [-0.05, 0) is 99.1 Å². The molecule has 0 saturated carbocycles. The maximum Gasteiger partial charge on any atom is 0.0576 e. The van der Waals surface area contributed by atoms with E-state index in [1.165, 1.54) is 65.7 Å². The van der Waals surface area contributed by atoms with Crippen LogP contribution in [0.1, 0.15) is 48.4 Å². The Kier molecular flexibility index (Phi) is 6.70. The van der Waals surface area contributed by atoms with Gasteiger partial charge in [0.25, 0.3) is 0 Å². The topological polar surface area (TPSA) is 76.1 Å². The van der Waals surface area contributed by atoms with Gasteiger partial charge in [-0.25, -0.2) is 0 Å². The zero-order chi connectivity index (χ0) is 29.7. The van der Waals surface area contributed by atoms with Gasteiger partial charge in [-0.15, -0.1) is 0 Å². The van der Waals surface area contributed by atoms with Crippen molar-refractivity contribution in [3.8, 4) is 0 Å². The predicted octanol–water partition coefficient (Wildman–Crippen LogP) is 8.47. The van der Waals surface area contributed by atoms with Crippen LogP contribution in [0.3, 0.4) is 0 Å². The number of nitrogen functional groups attached to an aromatic ring is 2. The first-order chi connectivity index (χ1) is 21.0. The van der Waals surface area contributed by atoms with E-state index in [9.17, 15) is 0 Å². The van der Waals surface area contributed by atoms with Crippen LogP contribution in [-0.4, -0.2) is 6.54 Å². The number of nitrogens with one attached hydrogen (secondary N) is 2. The Balaban J connectivity index is 1.37. The Morgan fingerprint density at radius 2 is 1.47 bits per heavy atom. The highest BCUT2D eigenvalue weighted by atomic mass is 14.9. The zero-order valence-electron chi connectivity index (χ0n) is 25.1. The lowest BCUT2D eigenvalue weighted by Gasteiger charge is -2.33. The third kappa shape index (κ3) is 4.45. The van der Waals surface area contributed by atoms with E-state index in [0.717, 1.165) is 35.7 Å². The summed E-state index contributed by atoms with van der Waals surface area (Å²) in [7, 11) is 0. The second-order valence-corrected chi connectivity index (χ2v) is 11.8. The summed E-state index contributed by atoms with van der Waals surface area (Å²) in [6.45, 7) is 8.22. The van der Waals surface area contributed by atoms with Crippen LogP contribution in [0.25, 0.3) is 33.7 Å². The van der Waals surface area contributed by atoms with Crippen LogP contribution in [0.5, 0.6) is 0 Å². The number of rotatable bonds is 7. The molecule has 0 amide bonds. The summed E-state index contributed by atoms with van der Waals surface area (Å²) < 4.78 is 0. The van der Waals surface area contributed by atoms with Gasteiger partial charge in [-0.2, -0.15) is 0 Å². The minimum atomic E-state index is 0.242. The largest absolute Gasteiger partial charge is 0.397 e. The first-order valence-corrected chi connectivity index (χ1v) is 15.2. The highest BCUT2D eigenvalue weighted by Crippen LogP contribution is 2.46. The van der Waals surface area contributed by atoms with E-state index in [2.05, 4.69) is 80.0 Å². The third-order valence-electron chi connectivity index (χ3n) is 9.32. The summed E-state index contributed by atoms with van der Waals surface area (Å²) in [5.41, 5.74) is 25.5. The van der Waals surface area contributed by atoms with Crippen molar-refractivity contribution >= 4 is 56.4 Å². The Bertz CT molecular complexity index is 2060. The van der Waals surface area contributed by atoms with Crippen LogP contribution in [-0.2, 0) is 6.54 Å². The average molecular weight is 563 g/mol. The second kappa shape index (κ2) is 10.7. The maximum absolute atomic E-state index is 6.24. The quantitative estimate of drug-likeness (QED) is 0.150. The molecule has 0 aliphatic heterocycles. The van der Waals surface area contributed by atoms with Crippen LogP contribution in [0.4, 0.5) is 22.7 Å². The number of aryl methyl sites for hydroxylation is 1. The molecule has 4 nitrogen and oxygen atoms in total. The summed E-state index contributed by atoms with van der Waals surface area (Å²) >= 11 is 0. The molecule has 0 spiro atoms. The van der Waals surface area contributed by atoms with E-state index >= 15 is 0 Å². The van der Waals surface area contributed by atoms with E-state index in [1.54, 1.807) is 0 Å². The standard InChI is InChI=1S/C39H38N4/c1-4-25-14-17-30-28-16-13-23(2)36-26(22-43-35-12-8-6-10-33(35)41)15-18-29(38(28)36)31-20-19-27(37(25)39(30)31)24(3)21-42-34-11-7-5-9-32(34)40/h5-20,37,42-43H,4,21-22,40-41H2,1-3H3/b27-24+. The zero-order valence-corrected chi connectivity index (χ0v) is 25.1. The Hall–Kier alpha value is -4.96. The van der Waals surface area contributed by atoms with E-state index in [4.69, 9.17) is 11.5 Å². The van der Waals surface area contributed by atoms with E-state index < -0.39 is 0 Å². The molecular weight excluding hydrogens is 524 g/mol. The van der Waals surface area contributed by atoms with Crippen molar-refractivity contribution in [2.45, 2.75) is 39.7 Å². The van der Waals surface area contributed by atoms with Gasteiger partial charge in [-0.1, -0.05) is 90.9 Å². The molecular formula is C39H38N4. The summed E-state index contributed by atoms with van der Waals surface area (Å²) in [4.78, 5) is 0. The van der Waals surface area contributed by atoms with Gasteiger partial charge in [0.2, 0.25) is 0 Å². The fourth-order valence-corrected chi connectivity index (χ4v) is 7.10. The minimum absolute atomic E-state index is 0.242. The molecule has 0 heterocycles. The van der Waals surface area contributed by atoms with Crippen molar-refractivity contribution < 1.29 is 0 Å². The molecule has 43 heavy (non-hydrogen) atoms. The van der Waals surface area contributed by atoms with Crippen molar-refractivity contribution in [1.82, 2.24) is 0 Å². The number of hydrogen-bond acceptors (Lipinski definition) is 4. The molecule has 0 fully saturated rings. The fourth-order valence-electron chi connectivity index (χ4n) is 7.10. The first-order valence-electron chi connectivity index (χ1n) is 15.2. The Labute approximate surface area is 253 Å². The minimum Gasteiger partial charge on any atom is -0.397 e. The maximum atomic E-state index is 6.24. The Morgan fingerprint density at radius 1 is 0.767 bits per heavy atom. The number of anilines is 4. The van der Waals surface area contributed by atoms with Gasteiger partial charge in [0.05, 0.1) is 22.7 Å². The van der Waals surface area contributed by atoms with E-state index in [1.807, 2.05) is 48.5 Å². The molecule has 2 aliphatic carbocycles. The van der Waals surface area contributed by atoms with Gasteiger partial charge in [-0.3, -0.25) is 0 Å². The van der Waals surface area contributed by atoms with Gasteiger partial charge in [0, 0.05) is 19.0 Å². The number of para-hydroxylation sites is 4. The number of hydrogen-bond donors (Lipinski definition) is 4. The number of nitrogens with two attached hydrogens (primary N) is 2. The number of allylic oxidation sites excluding steroid dienone is 4. The summed E-state index contributed by atoms with van der Waals surface area (Å²) in [6, 6.07) is 25.2. The molecule has 0 saturated heterocycles. The van der Waals surface area contributed by atoms with E-state index in [-0.39, 0.29) is 5.92 Å². The lowest BCUT2D eigenvalue weighted by Crippen LogP contribution is -2.25. The number of benzene rings is 5. The van der Waals surface area contributed by atoms with Crippen LogP contribution in [0, 0.1) is 6.92 Å². The van der Waals surface area contributed by atoms with Crippen LogP contribution in [0.2, 0.25) is 0 Å². The smallest absolute Gasteiger partial charge is 0.0576 e. The molecule has 7 rings (SSSR count). The van der Waals surface area contributed by atoms with Crippen molar-refractivity contribution in [2.24, 2.45) is 0 Å². The molecule has 1 unspecified atom stereocenters. The molecule has 0 radical (unpaired) electrons. The third-order valence-corrected chi connectivity index (χ3v) is 9.32. The van der Waals surface area contributed by atoms with Crippen molar-refractivity contribution in [2.75, 3.05) is 28.6 Å². The van der Waals surface area contributed by atoms with Crippen LogP contribution in [0.15, 0.2) is 102 Å². The van der Waals surface area contributed by atoms with Gasteiger partial charge in [0.15, 0.2) is 0 Å². The van der Waals surface area contributed by atoms with Crippen molar-refractivity contribution in [3.05, 3.63) is 129 Å². The lowest BCUT2D eigenvalue weighted by molar-refractivity contribution is 0.849. The first kappa shape index (κ1) is 26.9. The molecule has 214 valence electrons. The predicted molar refractivity (Wildman–Crippen MR) is 186 cm³/mol. The molecule has 5 aromatic rings. The lowest BCUT2D eigenvalue weighted by atomic mass is 9.71. The van der Waals surface area contributed by atoms with Crippen molar-refractivity contribution in [3.63, 3.8) is 0 Å². The SMILES string of the molecule is CCC1=CC=c2c3c(c4ccc(CNc5ccccc5N)c5c(C)ccc2c45)C=C/C(=C(/C)CNc2ccccc2N)C13.